The largest absolute Gasteiger partial charge is 0.375 e. The molecule has 4 aromatic rings. The number of nitrogens with zero attached hydrogens (tertiary/aromatic N) is 6. The molecule has 5 rings (SSSR count). The average Bonchev–Trinajstić information content (AvgIpc) is 3.34. The van der Waals surface area contributed by atoms with Crippen LogP contribution in [-0.2, 0) is 19.5 Å². The second-order valence-electron chi connectivity index (χ2n) is 8.00. The Labute approximate surface area is 206 Å². The molecule has 0 atom stereocenters. The number of rotatable bonds is 7. The molecule has 0 saturated carbocycles. The van der Waals surface area contributed by atoms with Crippen LogP contribution in [0.3, 0.4) is 0 Å². The minimum atomic E-state index is -0.257. The van der Waals surface area contributed by atoms with E-state index in [1.165, 1.54) is 12.3 Å². The predicted molar refractivity (Wildman–Crippen MR) is 133 cm³/mol. The highest BCUT2D eigenvalue weighted by atomic mass is 35.5. The number of benzene rings is 1. The summed E-state index contributed by atoms with van der Waals surface area (Å²) in [6.45, 7) is 1.47. The zero-order chi connectivity index (χ0) is 24.4. The standard InChI is InChI=1S/C24H23ClFN9/c1-28-19(7-9-27)31-24-29-10-8-18(30-24)16-14-34-11-4-12-35-20(13-15-5-2-3-6-17(15)26)32-33-23(35)22(34)21(16)25/h2-3,5-10,14,27-28H,4,11-13H2,1H3,(H,29,30,31)/b19-7+,27-9?. The lowest BCUT2D eigenvalue weighted by Gasteiger charge is -2.09. The molecule has 0 radical (unpaired) electrons. The number of fused-ring (bicyclic) bond motifs is 3. The molecular weight excluding hydrogens is 469 g/mol. The molecular formula is C24H23ClFN9. The van der Waals surface area contributed by atoms with E-state index in [0.29, 0.717) is 52.7 Å². The quantitative estimate of drug-likeness (QED) is 0.336. The van der Waals surface area contributed by atoms with Gasteiger partial charge in [0, 0.05) is 50.7 Å². The Morgan fingerprint density at radius 2 is 2.09 bits per heavy atom. The minimum Gasteiger partial charge on any atom is -0.375 e. The molecule has 9 nitrogen and oxygen atoms in total. The highest BCUT2D eigenvalue weighted by Gasteiger charge is 2.26. The summed E-state index contributed by atoms with van der Waals surface area (Å²) in [6.07, 6.45) is 7.55. The van der Waals surface area contributed by atoms with E-state index in [1.807, 2.05) is 16.8 Å². The van der Waals surface area contributed by atoms with E-state index >= 15 is 0 Å². The van der Waals surface area contributed by atoms with Gasteiger partial charge in [0.15, 0.2) is 5.82 Å². The molecule has 3 N–H and O–H groups in total. The third-order valence-corrected chi connectivity index (χ3v) is 6.22. The Hall–Kier alpha value is -4.05. The number of allylic oxidation sites excluding steroid dienone is 1. The van der Waals surface area contributed by atoms with E-state index < -0.39 is 0 Å². The molecule has 0 saturated heterocycles. The maximum atomic E-state index is 14.2. The SMILES string of the molecule is CN/C(=C\C=N)Nc1nccc(-c2cn3c(c2Cl)-c2nnc(Cc4ccccc4F)n2CCC3)n1. The van der Waals surface area contributed by atoms with Gasteiger partial charge in [0.1, 0.15) is 23.2 Å². The average molecular weight is 492 g/mol. The third kappa shape index (κ3) is 4.40. The lowest BCUT2D eigenvalue weighted by atomic mass is 10.1. The number of aryl methyl sites for hydroxylation is 1. The van der Waals surface area contributed by atoms with Crippen molar-refractivity contribution < 1.29 is 4.39 Å². The first-order valence-electron chi connectivity index (χ1n) is 11.1. The van der Waals surface area contributed by atoms with Crippen molar-refractivity contribution in [1.29, 1.82) is 5.41 Å². The van der Waals surface area contributed by atoms with Crippen molar-refractivity contribution in [3.8, 4) is 22.8 Å². The molecule has 0 spiro atoms. The number of halogens is 2. The van der Waals surface area contributed by atoms with Crippen molar-refractivity contribution in [2.24, 2.45) is 0 Å². The highest BCUT2D eigenvalue weighted by Crippen LogP contribution is 2.39. The van der Waals surface area contributed by atoms with Crippen LogP contribution < -0.4 is 10.6 Å². The fraction of sp³-hybridized carbons (Fsp3) is 0.208. The summed E-state index contributed by atoms with van der Waals surface area (Å²) >= 11 is 6.91. The van der Waals surface area contributed by atoms with Crippen molar-refractivity contribution in [2.45, 2.75) is 25.9 Å². The van der Waals surface area contributed by atoms with Crippen molar-refractivity contribution in [3.05, 3.63) is 76.9 Å². The zero-order valence-electron chi connectivity index (χ0n) is 19.0. The summed E-state index contributed by atoms with van der Waals surface area (Å²) in [5.74, 6) is 2.06. The number of aromatic nitrogens is 6. The van der Waals surface area contributed by atoms with Crippen molar-refractivity contribution in [3.63, 3.8) is 0 Å². The van der Waals surface area contributed by atoms with E-state index in [2.05, 4.69) is 35.4 Å². The van der Waals surface area contributed by atoms with Gasteiger partial charge in [-0.25, -0.2) is 14.4 Å². The normalized spacial score (nSPS) is 13.1. The first kappa shape index (κ1) is 22.7. The van der Waals surface area contributed by atoms with Gasteiger partial charge in [0.05, 0.1) is 10.7 Å². The Balaban J connectivity index is 1.51. The number of hydrogen-bond donors (Lipinski definition) is 3. The van der Waals surface area contributed by atoms with Crippen LogP contribution >= 0.6 is 11.6 Å². The van der Waals surface area contributed by atoms with Gasteiger partial charge in [0.2, 0.25) is 5.95 Å². The molecule has 1 aliphatic heterocycles. The molecule has 3 aromatic heterocycles. The van der Waals surface area contributed by atoms with E-state index in [0.717, 1.165) is 24.2 Å². The van der Waals surface area contributed by atoms with Crippen LogP contribution in [0.2, 0.25) is 5.02 Å². The summed E-state index contributed by atoms with van der Waals surface area (Å²) < 4.78 is 18.3. The van der Waals surface area contributed by atoms with Gasteiger partial charge in [-0.3, -0.25) is 0 Å². The van der Waals surface area contributed by atoms with E-state index in [4.69, 9.17) is 17.0 Å². The van der Waals surface area contributed by atoms with E-state index in [-0.39, 0.29) is 5.82 Å². The van der Waals surface area contributed by atoms with Gasteiger partial charge in [0.25, 0.3) is 0 Å². The van der Waals surface area contributed by atoms with Crippen LogP contribution in [0.1, 0.15) is 17.8 Å². The first-order chi connectivity index (χ1) is 17.1. The number of anilines is 1. The Kier molecular flexibility index (Phi) is 6.28. The monoisotopic (exact) mass is 491 g/mol. The van der Waals surface area contributed by atoms with Crippen LogP contribution in [0.5, 0.6) is 0 Å². The van der Waals surface area contributed by atoms with Gasteiger partial charge in [-0.15, -0.1) is 10.2 Å². The summed E-state index contributed by atoms with van der Waals surface area (Å²) in [5.41, 5.74) is 2.74. The third-order valence-electron chi connectivity index (χ3n) is 5.84. The lowest BCUT2D eigenvalue weighted by Crippen LogP contribution is -2.16. The molecule has 1 aromatic carbocycles. The molecule has 178 valence electrons. The molecule has 0 unspecified atom stereocenters. The Bertz CT molecular complexity index is 1420. The van der Waals surface area contributed by atoms with Crippen LogP contribution in [0, 0.1) is 11.2 Å². The first-order valence-corrected chi connectivity index (χ1v) is 11.5. The molecule has 4 heterocycles. The maximum Gasteiger partial charge on any atom is 0.228 e. The predicted octanol–water partition coefficient (Wildman–Crippen LogP) is 4.11. The van der Waals surface area contributed by atoms with E-state index in [1.54, 1.807) is 37.5 Å². The minimum absolute atomic E-state index is 0.257. The zero-order valence-corrected chi connectivity index (χ0v) is 19.7. The van der Waals surface area contributed by atoms with E-state index in [9.17, 15) is 4.39 Å². The highest BCUT2D eigenvalue weighted by molar-refractivity contribution is 6.35. The molecule has 0 fully saturated rings. The van der Waals surface area contributed by atoms with Crippen molar-refractivity contribution in [1.82, 2.24) is 34.6 Å². The van der Waals surface area contributed by atoms with Gasteiger partial charge in [-0.05, 0) is 30.2 Å². The summed E-state index contributed by atoms with van der Waals surface area (Å²) in [7, 11) is 1.74. The Morgan fingerprint density at radius 1 is 1.23 bits per heavy atom. The topological polar surface area (TPSA) is 109 Å². The van der Waals surface area contributed by atoms with Crippen LogP contribution in [-0.4, -0.2) is 42.6 Å². The molecule has 11 heteroatoms. The number of hydrogen-bond acceptors (Lipinski definition) is 7. The smallest absolute Gasteiger partial charge is 0.228 e. The van der Waals surface area contributed by atoms with Gasteiger partial charge in [-0.2, -0.15) is 0 Å². The fourth-order valence-corrected chi connectivity index (χ4v) is 4.50. The molecule has 0 aliphatic carbocycles. The summed E-state index contributed by atoms with van der Waals surface area (Å²) in [4.78, 5) is 8.87. The van der Waals surface area contributed by atoms with Gasteiger partial charge in [-0.1, -0.05) is 29.8 Å². The summed E-state index contributed by atoms with van der Waals surface area (Å²) in [6, 6.07) is 8.50. The van der Waals surface area contributed by atoms with Gasteiger partial charge >= 0.3 is 0 Å². The molecule has 0 bridgehead atoms. The second kappa shape index (κ2) is 9.67. The Morgan fingerprint density at radius 3 is 2.89 bits per heavy atom. The van der Waals surface area contributed by atoms with Crippen LogP contribution in [0.15, 0.2) is 54.6 Å². The molecule has 35 heavy (non-hydrogen) atoms. The van der Waals surface area contributed by atoms with Crippen molar-refractivity contribution >= 4 is 23.8 Å². The summed E-state index contributed by atoms with van der Waals surface area (Å²) in [5, 5.41) is 22.6. The fourth-order valence-electron chi connectivity index (χ4n) is 4.16. The molecule has 1 aliphatic rings. The van der Waals surface area contributed by atoms with Crippen molar-refractivity contribution in [2.75, 3.05) is 12.4 Å². The second-order valence-corrected chi connectivity index (χ2v) is 8.38. The van der Waals surface area contributed by atoms with Crippen LogP contribution in [0.25, 0.3) is 22.8 Å². The van der Waals surface area contributed by atoms with Gasteiger partial charge < -0.3 is 25.2 Å². The molecule has 0 amide bonds. The lowest BCUT2D eigenvalue weighted by molar-refractivity contribution is 0.574. The van der Waals surface area contributed by atoms with Crippen LogP contribution in [0.4, 0.5) is 10.3 Å². The maximum absolute atomic E-state index is 14.2. The number of nitrogens with one attached hydrogen (secondary N) is 3.